The Balaban J connectivity index is 2.02. The van der Waals surface area contributed by atoms with Gasteiger partial charge in [-0.1, -0.05) is 6.92 Å². The number of likely N-dealkylation sites (N-methyl/N-ethyl adjacent to an activating group) is 1. The summed E-state index contributed by atoms with van der Waals surface area (Å²) in [6, 6.07) is 1.84. The number of non-ortho nitro benzene ring substituents is 1. The Kier molecular flexibility index (Phi) is 5.70. The molecule has 0 atom stereocenters. The summed E-state index contributed by atoms with van der Waals surface area (Å²) in [5.41, 5.74) is -0.535. The van der Waals surface area contributed by atoms with Crippen molar-refractivity contribution >= 4 is 21.7 Å². The fourth-order valence-electron chi connectivity index (χ4n) is 2.76. The smallest absolute Gasteiger partial charge is 0.317 e. The quantitative estimate of drug-likeness (QED) is 0.511. The Morgan fingerprint density at radius 1 is 1.48 bits per heavy atom. The number of hydrogen-bond donors (Lipinski definition) is 2. The monoisotopic (exact) mass is 375 g/mol. The number of carboxylic acid groups (broad SMARTS) is 1. The maximum Gasteiger partial charge on any atom is 0.317 e. The second-order valence-corrected chi connectivity index (χ2v) is 7.45. The van der Waals surface area contributed by atoms with E-state index in [1.165, 1.54) is 0 Å². The van der Waals surface area contributed by atoms with E-state index in [1.54, 1.807) is 4.90 Å². The zero-order valence-electron chi connectivity index (χ0n) is 13.4. The van der Waals surface area contributed by atoms with Crippen molar-refractivity contribution < 1.29 is 27.6 Å². The van der Waals surface area contributed by atoms with Gasteiger partial charge in [0.15, 0.2) is 0 Å². The summed E-state index contributed by atoms with van der Waals surface area (Å²) in [5, 5.41) is 19.4. The fraction of sp³-hybridized carbons (Fsp3) is 0.500. The molecule has 1 fully saturated rings. The van der Waals surface area contributed by atoms with Crippen LogP contribution in [-0.2, 0) is 14.8 Å². The second kappa shape index (κ2) is 7.42. The molecule has 2 rings (SSSR count). The average Bonchev–Trinajstić information content (AvgIpc) is 2.47. The van der Waals surface area contributed by atoms with Crippen molar-refractivity contribution in [2.75, 3.05) is 13.1 Å². The summed E-state index contributed by atoms with van der Waals surface area (Å²) < 4.78 is 40.7. The number of rotatable bonds is 8. The number of sulfonamides is 1. The van der Waals surface area contributed by atoms with E-state index in [0.29, 0.717) is 25.5 Å². The van der Waals surface area contributed by atoms with Gasteiger partial charge in [-0.25, -0.2) is 17.5 Å². The van der Waals surface area contributed by atoms with E-state index in [4.69, 9.17) is 5.11 Å². The molecule has 0 saturated heterocycles. The highest BCUT2D eigenvalue weighted by Crippen LogP contribution is 2.28. The van der Waals surface area contributed by atoms with Crippen LogP contribution in [0.25, 0.3) is 0 Å². The van der Waals surface area contributed by atoms with Gasteiger partial charge in [0.25, 0.3) is 5.69 Å². The number of nitro groups is 1. The van der Waals surface area contributed by atoms with Crippen LogP contribution in [0.2, 0.25) is 0 Å². The molecule has 1 aliphatic carbocycles. The number of nitro benzene ring substituents is 1. The highest BCUT2D eigenvalue weighted by Gasteiger charge is 2.37. The van der Waals surface area contributed by atoms with Crippen LogP contribution in [0.15, 0.2) is 23.1 Å². The number of halogens is 1. The first-order valence-corrected chi connectivity index (χ1v) is 9.04. The van der Waals surface area contributed by atoms with Crippen molar-refractivity contribution in [1.82, 2.24) is 9.62 Å². The predicted octanol–water partition coefficient (Wildman–Crippen LogP) is 0.950. The lowest BCUT2D eigenvalue weighted by molar-refractivity contribution is -0.385. The topological polar surface area (TPSA) is 130 Å². The number of hydrogen-bond acceptors (Lipinski definition) is 6. The SMILES string of the molecule is CCN(CC(=O)O)C1CC(NS(=O)(=O)c2ccc([N+](=O)[O-])cc2F)C1. The summed E-state index contributed by atoms with van der Waals surface area (Å²) in [4.78, 5) is 21.6. The van der Waals surface area contributed by atoms with Crippen molar-refractivity contribution in [2.45, 2.75) is 36.7 Å². The van der Waals surface area contributed by atoms with E-state index in [1.807, 2.05) is 6.92 Å². The molecule has 138 valence electrons. The minimum Gasteiger partial charge on any atom is -0.480 e. The standard InChI is InChI=1S/C14H18FN3O6S/c1-2-17(8-14(19)20)11-5-9(6-11)16-25(23,24)13-4-3-10(18(21)22)7-12(13)15/h3-4,7,9,11,16H,2,5-6,8H2,1H3,(H,19,20). The van der Waals surface area contributed by atoms with Gasteiger partial charge in [-0.05, 0) is 25.5 Å². The van der Waals surface area contributed by atoms with Gasteiger partial charge in [-0.15, -0.1) is 0 Å². The summed E-state index contributed by atoms with van der Waals surface area (Å²) in [6.45, 7) is 2.21. The van der Waals surface area contributed by atoms with Crippen LogP contribution in [0.1, 0.15) is 19.8 Å². The molecule has 1 aliphatic rings. The number of benzene rings is 1. The molecule has 9 nitrogen and oxygen atoms in total. The summed E-state index contributed by atoms with van der Waals surface area (Å²) in [6.07, 6.45) is 0.823. The van der Waals surface area contributed by atoms with Crippen LogP contribution in [0.3, 0.4) is 0 Å². The molecule has 2 N–H and O–H groups in total. The Morgan fingerprint density at radius 3 is 2.60 bits per heavy atom. The van der Waals surface area contributed by atoms with Crippen molar-refractivity contribution in [3.8, 4) is 0 Å². The van der Waals surface area contributed by atoms with E-state index in [9.17, 15) is 27.7 Å². The van der Waals surface area contributed by atoms with Gasteiger partial charge in [-0.3, -0.25) is 19.8 Å². The van der Waals surface area contributed by atoms with Crippen LogP contribution in [0, 0.1) is 15.9 Å². The van der Waals surface area contributed by atoms with Gasteiger partial charge >= 0.3 is 5.97 Å². The molecular weight excluding hydrogens is 357 g/mol. The number of carboxylic acids is 1. The third-order valence-electron chi connectivity index (χ3n) is 4.11. The van der Waals surface area contributed by atoms with Crippen molar-refractivity contribution in [3.05, 3.63) is 34.1 Å². The first-order valence-electron chi connectivity index (χ1n) is 7.56. The first kappa shape index (κ1) is 19.2. The Hall–Kier alpha value is -2.11. The Labute approximate surface area is 143 Å². The van der Waals surface area contributed by atoms with Gasteiger partial charge in [-0.2, -0.15) is 0 Å². The number of nitrogens with zero attached hydrogens (tertiary/aromatic N) is 2. The molecule has 0 amide bonds. The van der Waals surface area contributed by atoms with Crippen LogP contribution in [0.5, 0.6) is 0 Å². The number of carbonyl (C=O) groups is 1. The number of aliphatic carboxylic acids is 1. The largest absolute Gasteiger partial charge is 0.480 e. The van der Waals surface area contributed by atoms with E-state index < -0.39 is 43.4 Å². The minimum atomic E-state index is -4.15. The third-order valence-corrected chi connectivity index (χ3v) is 5.67. The average molecular weight is 375 g/mol. The lowest BCUT2D eigenvalue weighted by Crippen LogP contribution is -2.54. The van der Waals surface area contributed by atoms with E-state index in [0.717, 1.165) is 12.1 Å². The van der Waals surface area contributed by atoms with Crippen molar-refractivity contribution in [3.63, 3.8) is 0 Å². The van der Waals surface area contributed by atoms with Crippen molar-refractivity contribution in [1.29, 1.82) is 0 Å². The highest BCUT2D eigenvalue weighted by atomic mass is 32.2. The highest BCUT2D eigenvalue weighted by molar-refractivity contribution is 7.89. The molecule has 1 aromatic rings. The van der Waals surface area contributed by atoms with Gasteiger partial charge < -0.3 is 5.11 Å². The van der Waals surface area contributed by atoms with Gasteiger partial charge in [0.05, 0.1) is 17.5 Å². The fourth-order valence-corrected chi connectivity index (χ4v) is 4.08. The zero-order chi connectivity index (χ0) is 18.8. The van der Waals surface area contributed by atoms with Gasteiger partial charge in [0.2, 0.25) is 10.0 Å². The normalized spacial score (nSPS) is 20.3. The Morgan fingerprint density at radius 2 is 2.12 bits per heavy atom. The lowest BCUT2D eigenvalue weighted by Gasteiger charge is -2.42. The Bertz CT molecular complexity index is 779. The lowest BCUT2D eigenvalue weighted by atomic mass is 9.86. The predicted molar refractivity (Wildman–Crippen MR) is 85.1 cm³/mol. The molecule has 25 heavy (non-hydrogen) atoms. The summed E-state index contributed by atoms with van der Waals surface area (Å²) >= 11 is 0. The second-order valence-electron chi connectivity index (χ2n) is 5.77. The first-order chi connectivity index (χ1) is 11.6. The third kappa shape index (κ3) is 4.50. The van der Waals surface area contributed by atoms with Crippen LogP contribution in [0.4, 0.5) is 10.1 Å². The summed E-state index contributed by atoms with van der Waals surface area (Å²) in [7, 11) is -4.15. The molecule has 1 saturated carbocycles. The van der Waals surface area contributed by atoms with Gasteiger partial charge in [0, 0.05) is 18.2 Å². The molecule has 0 aliphatic heterocycles. The van der Waals surface area contributed by atoms with Crippen LogP contribution in [-0.4, -0.2) is 54.5 Å². The van der Waals surface area contributed by atoms with Gasteiger partial charge in [0.1, 0.15) is 10.7 Å². The molecule has 0 radical (unpaired) electrons. The molecule has 0 bridgehead atoms. The number of nitrogens with one attached hydrogen (secondary N) is 1. The summed E-state index contributed by atoms with van der Waals surface area (Å²) in [5.74, 6) is -2.16. The van der Waals surface area contributed by atoms with Crippen molar-refractivity contribution in [2.24, 2.45) is 0 Å². The molecule has 11 heteroatoms. The van der Waals surface area contributed by atoms with E-state index in [2.05, 4.69) is 4.72 Å². The van der Waals surface area contributed by atoms with Crippen LogP contribution < -0.4 is 4.72 Å². The molecule has 0 aromatic heterocycles. The van der Waals surface area contributed by atoms with Crippen LogP contribution >= 0.6 is 0 Å². The molecule has 0 spiro atoms. The molecule has 0 heterocycles. The minimum absolute atomic E-state index is 0.0597. The molecule has 1 aromatic carbocycles. The maximum absolute atomic E-state index is 13.9. The van der Waals surface area contributed by atoms with E-state index in [-0.39, 0.29) is 12.6 Å². The molecule has 0 unspecified atom stereocenters. The maximum atomic E-state index is 13.9. The molecular formula is C14H18FN3O6S. The van der Waals surface area contributed by atoms with E-state index >= 15 is 0 Å². The zero-order valence-corrected chi connectivity index (χ0v) is 14.2.